The monoisotopic (exact) mass is 370 g/mol. The maximum atomic E-state index is 12.9. The van der Waals surface area contributed by atoms with Gasteiger partial charge >= 0.3 is 0 Å². The summed E-state index contributed by atoms with van der Waals surface area (Å²) in [5.41, 5.74) is 5.55. The van der Waals surface area contributed by atoms with Gasteiger partial charge in [0, 0.05) is 29.7 Å². The van der Waals surface area contributed by atoms with Crippen LogP contribution in [0.1, 0.15) is 23.1 Å². The molecule has 2 amide bonds. The quantitative estimate of drug-likeness (QED) is 0.750. The summed E-state index contributed by atoms with van der Waals surface area (Å²) in [5.74, 6) is -0.414. The Morgan fingerprint density at radius 1 is 1.00 bits per heavy atom. The van der Waals surface area contributed by atoms with Gasteiger partial charge in [-0.3, -0.25) is 9.59 Å². The lowest BCUT2D eigenvalue weighted by atomic mass is 10.0. The standard InChI is InChI=1S/C24H22N2O2/c1-15-5-10-19(11-6-15)26-14-18(13-22(26)27)24(28)25-21-12-9-17-8-7-16-3-2-4-20(21)23(16)17/h2-6,9-12,18H,7-8,13-14H2,1H3,(H,25,28). The highest BCUT2D eigenvalue weighted by Crippen LogP contribution is 2.35. The lowest BCUT2D eigenvalue weighted by Gasteiger charge is -2.17. The summed E-state index contributed by atoms with van der Waals surface area (Å²) in [6, 6.07) is 18.3. The number of carbonyl (C=O) groups is 2. The molecule has 1 aliphatic heterocycles. The van der Waals surface area contributed by atoms with Gasteiger partial charge in [0.15, 0.2) is 0 Å². The fraction of sp³-hybridized carbons (Fsp3) is 0.250. The van der Waals surface area contributed by atoms with Crippen LogP contribution in [0.25, 0.3) is 10.8 Å². The zero-order valence-electron chi connectivity index (χ0n) is 15.9. The van der Waals surface area contributed by atoms with Crippen molar-refractivity contribution < 1.29 is 9.59 Å². The number of anilines is 2. The molecule has 0 bridgehead atoms. The van der Waals surface area contributed by atoms with Gasteiger partial charge in [0.2, 0.25) is 11.8 Å². The molecule has 5 rings (SSSR count). The average Bonchev–Trinajstić information content (AvgIpc) is 3.30. The molecule has 0 radical (unpaired) electrons. The third kappa shape index (κ3) is 2.76. The van der Waals surface area contributed by atoms with Gasteiger partial charge in [-0.25, -0.2) is 0 Å². The summed E-state index contributed by atoms with van der Waals surface area (Å²) >= 11 is 0. The maximum absolute atomic E-state index is 12.9. The predicted octanol–water partition coefficient (Wildman–Crippen LogP) is 4.24. The fourth-order valence-electron chi connectivity index (χ4n) is 4.45. The summed E-state index contributed by atoms with van der Waals surface area (Å²) in [6.07, 6.45) is 2.38. The van der Waals surface area contributed by atoms with Crippen molar-refractivity contribution in [1.82, 2.24) is 0 Å². The largest absolute Gasteiger partial charge is 0.325 e. The molecule has 4 heteroatoms. The van der Waals surface area contributed by atoms with E-state index in [1.165, 1.54) is 16.5 Å². The Morgan fingerprint density at radius 2 is 1.75 bits per heavy atom. The van der Waals surface area contributed by atoms with Gasteiger partial charge < -0.3 is 10.2 Å². The Morgan fingerprint density at radius 3 is 2.54 bits per heavy atom. The summed E-state index contributed by atoms with van der Waals surface area (Å²) in [4.78, 5) is 27.1. The lowest BCUT2D eigenvalue weighted by molar-refractivity contribution is -0.122. The van der Waals surface area contributed by atoms with E-state index in [4.69, 9.17) is 0 Å². The van der Waals surface area contributed by atoms with E-state index in [1.54, 1.807) is 4.90 Å². The predicted molar refractivity (Wildman–Crippen MR) is 112 cm³/mol. The minimum Gasteiger partial charge on any atom is -0.325 e. The number of rotatable bonds is 3. The van der Waals surface area contributed by atoms with Crippen LogP contribution in [-0.2, 0) is 22.4 Å². The Labute approximate surface area is 164 Å². The Kier molecular flexibility index (Phi) is 3.93. The second-order valence-electron chi connectivity index (χ2n) is 7.84. The van der Waals surface area contributed by atoms with Crippen LogP contribution in [0.15, 0.2) is 54.6 Å². The van der Waals surface area contributed by atoms with Gasteiger partial charge in [-0.1, -0.05) is 42.0 Å². The highest BCUT2D eigenvalue weighted by atomic mass is 16.2. The van der Waals surface area contributed by atoms with Gasteiger partial charge in [-0.2, -0.15) is 0 Å². The third-order valence-corrected chi connectivity index (χ3v) is 5.98. The van der Waals surface area contributed by atoms with Crippen molar-refractivity contribution in [2.24, 2.45) is 5.92 Å². The van der Waals surface area contributed by atoms with Gasteiger partial charge in [0.1, 0.15) is 0 Å². The summed E-state index contributed by atoms with van der Waals surface area (Å²) in [7, 11) is 0. The summed E-state index contributed by atoms with van der Waals surface area (Å²) < 4.78 is 0. The minimum absolute atomic E-state index is 0.00408. The van der Waals surface area contributed by atoms with Crippen molar-refractivity contribution in [3.05, 3.63) is 71.3 Å². The molecule has 0 aromatic heterocycles. The molecule has 28 heavy (non-hydrogen) atoms. The molecule has 1 saturated heterocycles. The van der Waals surface area contributed by atoms with Crippen LogP contribution < -0.4 is 10.2 Å². The lowest BCUT2D eigenvalue weighted by Crippen LogP contribution is -2.28. The molecule has 1 fully saturated rings. The zero-order valence-corrected chi connectivity index (χ0v) is 15.9. The molecule has 1 heterocycles. The number of carbonyl (C=O) groups excluding carboxylic acids is 2. The molecule has 2 aliphatic rings. The smallest absolute Gasteiger partial charge is 0.229 e. The highest BCUT2D eigenvalue weighted by Gasteiger charge is 2.35. The van der Waals surface area contributed by atoms with Crippen molar-refractivity contribution in [2.45, 2.75) is 26.2 Å². The number of benzene rings is 3. The van der Waals surface area contributed by atoms with E-state index >= 15 is 0 Å². The van der Waals surface area contributed by atoms with Gasteiger partial charge in [0.05, 0.1) is 5.92 Å². The zero-order chi connectivity index (χ0) is 19.3. The van der Waals surface area contributed by atoms with E-state index in [9.17, 15) is 9.59 Å². The fourth-order valence-corrected chi connectivity index (χ4v) is 4.45. The second kappa shape index (κ2) is 6.48. The molecule has 1 unspecified atom stereocenters. The first-order chi connectivity index (χ1) is 13.6. The van der Waals surface area contributed by atoms with Crippen LogP contribution in [-0.4, -0.2) is 18.4 Å². The van der Waals surface area contributed by atoms with Gasteiger partial charge in [-0.15, -0.1) is 0 Å². The first-order valence-electron chi connectivity index (χ1n) is 9.81. The molecule has 140 valence electrons. The normalized spacial score (nSPS) is 18.1. The molecular weight excluding hydrogens is 348 g/mol. The first-order valence-corrected chi connectivity index (χ1v) is 9.81. The molecular formula is C24H22N2O2. The van der Waals surface area contributed by atoms with Crippen LogP contribution in [0.4, 0.5) is 11.4 Å². The van der Waals surface area contributed by atoms with E-state index in [2.05, 4.69) is 29.6 Å². The Hall–Kier alpha value is -3.14. The van der Waals surface area contributed by atoms with Crippen LogP contribution in [0.3, 0.4) is 0 Å². The van der Waals surface area contributed by atoms with E-state index in [1.807, 2.05) is 37.3 Å². The molecule has 1 aliphatic carbocycles. The molecule has 4 nitrogen and oxygen atoms in total. The molecule has 1 atom stereocenters. The molecule has 1 N–H and O–H groups in total. The van der Waals surface area contributed by atoms with Crippen LogP contribution in [0, 0.1) is 12.8 Å². The van der Waals surface area contributed by atoms with Gasteiger partial charge in [0.25, 0.3) is 0 Å². The number of amides is 2. The van der Waals surface area contributed by atoms with Crippen molar-refractivity contribution in [3.8, 4) is 0 Å². The number of aryl methyl sites for hydroxylation is 3. The van der Waals surface area contributed by atoms with Crippen LogP contribution in [0.5, 0.6) is 0 Å². The minimum atomic E-state index is -0.336. The number of hydrogen-bond acceptors (Lipinski definition) is 2. The van der Waals surface area contributed by atoms with E-state index < -0.39 is 0 Å². The van der Waals surface area contributed by atoms with Gasteiger partial charge in [-0.05, 0) is 54.5 Å². The van der Waals surface area contributed by atoms with E-state index in [0.717, 1.165) is 35.2 Å². The summed E-state index contributed by atoms with van der Waals surface area (Å²) in [5, 5.41) is 5.47. The molecule has 0 saturated carbocycles. The first kappa shape index (κ1) is 17.0. The molecule has 3 aromatic carbocycles. The Balaban J connectivity index is 1.38. The Bertz CT molecular complexity index is 1090. The van der Waals surface area contributed by atoms with Crippen molar-refractivity contribution >= 4 is 34.0 Å². The number of nitrogens with zero attached hydrogens (tertiary/aromatic N) is 1. The SMILES string of the molecule is Cc1ccc(N2CC(C(=O)Nc3ccc4c5c(cccc35)CC4)CC2=O)cc1. The maximum Gasteiger partial charge on any atom is 0.229 e. The van der Waals surface area contributed by atoms with E-state index in [0.29, 0.717) is 6.54 Å². The third-order valence-electron chi connectivity index (χ3n) is 5.98. The highest BCUT2D eigenvalue weighted by molar-refractivity contribution is 6.08. The number of nitrogens with one attached hydrogen (secondary N) is 1. The van der Waals surface area contributed by atoms with E-state index in [-0.39, 0.29) is 24.2 Å². The van der Waals surface area contributed by atoms with Crippen molar-refractivity contribution in [3.63, 3.8) is 0 Å². The van der Waals surface area contributed by atoms with Crippen molar-refractivity contribution in [1.29, 1.82) is 0 Å². The molecule has 3 aromatic rings. The van der Waals surface area contributed by atoms with Crippen molar-refractivity contribution in [2.75, 3.05) is 16.8 Å². The summed E-state index contributed by atoms with van der Waals surface area (Å²) in [6.45, 7) is 2.44. The topological polar surface area (TPSA) is 49.4 Å². The second-order valence-corrected chi connectivity index (χ2v) is 7.84. The number of hydrogen-bond donors (Lipinski definition) is 1. The average molecular weight is 370 g/mol. The van der Waals surface area contributed by atoms with Crippen LogP contribution in [0.2, 0.25) is 0 Å². The molecule has 0 spiro atoms. The van der Waals surface area contributed by atoms with Crippen LogP contribution >= 0.6 is 0 Å².